The van der Waals surface area contributed by atoms with Gasteiger partial charge in [0.1, 0.15) is 18.7 Å². The van der Waals surface area contributed by atoms with Gasteiger partial charge in [-0.15, -0.1) is 0 Å². The van der Waals surface area contributed by atoms with E-state index in [2.05, 4.69) is 23.9 Å². The van der Waals surface area contributed by atoms with Gasteiger partial charge in [0, 0.05) is 12.6 Å². The molecule has 0 aliphatic rings. The van der Waals surface area contributed by atoms with Gasteiger partial charge in [-0.2, -0.15) is 5.10 Å². The van der Waals surface area contributed by atoms with Crippen LogP contribution in [0.2, 0.25) is 5.02 Å². The van der Waals surface area contributed by atoms with E-state index in [-0.39, 0.29) is 0 Å². The number of nitrogens with two attached hydrogens (primary N) is 1. The molecule has 5 nitrogen and oxygen atoms in total. The summed E-state index contributed by atoms with van der Waals surface area (Å²) < 4.78 is 7.50. The van der Waals surface area contributed by atoms with Crippen molar-refractivity contribution in [3.8, 4) is 5.75 Å². The molecule has 1 aromatic carbocycles. The van der Waals surface area contributed by atoms with Gasteiger partial charge in [0.25, 0.3) is 0 Å². The Hall–Kier alpha value is -1.75. The molecule has 0 aliphatic heterocycles. The second kappa shape index (κ2) is 5.93. The van der Waals surface area contributed by atoms with Crippen LogP contribution in [-0.4, -0.2) is 14.8 Å². The molecule has 0 aliphatic carbocycles. The highest BCUT2D eigenvalue weighted by molar-refractivity contribution is 6.33. The molecule has 1 aromatic heterocycles. The molecule has 6 heteroatoms. The second-order valence-electron chi connectivity index (χ2n) is 4.72. The Morgan fingerprint density at radius 2 is 2.21 bits per heavy atom. The van der Waals surface area contributed by atoms with Crippen molar-refractivity contribution in [2.75, 3.05) is 5.73 Å². The SMILES string of the molecule is CC(C)Cn1ncnc1COc1ccc(N)c(Cl)c1. The van der Waals surface area contributed by atoms with E-state index in [0.29, 0.717) is 29.0 Å². The fourth-order valence-corrected chi connectivity index (χ4v) is 1.81. The maximum absolute atomic E-state index is 5.94. The first kappa shape index (κ1) is 13.7. The van der Waals surface area contributed by atoms with E-state index >= 15 is 0 Å². The van der Waals surface area contributed by atoms with Crippen molar-refractivity contribution in [1.82, 2.24) is 14.8 Å². The number of hydrogen-bond donors (Lipinski definition) is 1. The minimum absolute atomic E-state index is 0.354. The van der Waals surface area contributed by atoms with Crippen molar-refractivity contribution in [3.63, 3.8) is 0 Å². The summed E-state index contributed by atoms with van der Waals surface area (Å²) in [6.45, 7) is 5.44. The smallest absolute Gasteiger partial charge is 0.164 e. The number of aromatic nitrogens is 3. The van der Waals surface area contributed by atoms with Gasteiger partial charge in [0.05, 0.1) is 10.7 Å². The minimum atomic E-state index is 0.354. The summed E-state index contributed by atoms with van der Waals surface area (Å²) >= 11 is 5.94. The van der Waals surface area contributed by atoms with E-state index in [1.165, 1.54) is 6.33 Å². The van der Waals surface area contributed by atoms with E-state index in [9.17, 15) is 0 Å². The highest BCUT2D eigenvalue weighted by Gasteiger charge is 2.07. The van der Waals surface area contributed by atoms with Crippen LogP contribution >= 0.6 is 11.6 Å². The van der Waals surface area contributed by atoms with Crippen LogP contribution in [0.25, 0.3) is 0 Å². The second-order valence-corrected chi connectivity index (χ2v) is 5.13. The highest BCUT2D eigenvalue weighted by Crippen LogP contribution is 2.24. The summed E-state index contributed by atoms with van der Waals surface area (Å²) in [5.41, 5.74) is 6.18. The third-order valence-electron chi connectivity index (χ3n) is 2.57. The van der Waals surface area contributed by atoms with Gasteiger partial charge in [0.2, 0.25) is 0 Å². The molecule has 2 N–H and O–H groups in total. The molecule has 0 radical (unpaired) electrons. The van der Waals surface area contributed by atoms with Crippen LogP contribution in [0.4, 0.5) is 5.69 Å². The van der Waals surface area contributed by atoms with Gasteiger partial charge in [-0.3, -0.25) is 0 Å². The van der Waals surface area contributed by atoms with Crippen molar-refractivity contribution in [2.45, 2.75) is 27.0 Å². The molecule has 0 saturated carbocycles. The summed E-state index contributed by atoms with van der Waals surface area (Å²) in [5.74, 6) is 1.96. The Kier molecular flexibility index (Phi) is 4.27. The van der Waals surface area contributed by atoms with Crippen LogP contribution in [0.3, 0.4) is 0 Å². The number of nitrogens with zero attached hydrogens (tertiary/aromatic N) is 3. The van der Waals surface area contributed by atoms with Gasteiger partial charge in [0.15, 0.2) is 5.82 Å². The van der Waals surface area contributed by atoms with Crippen molar-refractivity contribution in [2.24, 2.45) is 5.92 Å². The fraction of sp³-hybridized carbons (Fsp3) is 0.385. The minimum Gasteiger partial charge on any atom is -0.486 e. The zero-order chi connectivity index (χ0) is 13.8. The molecule has 0 saturated heterocycles. The van der Waals surface area contributed by atoms with E-state index in [0.717, 1.165) is 12.4 Å². The number of hydrogen-bond acceptors (Lipinski definition) is 4. The summed E-state index contributed by atoms with van der Waals surface area (Å²) in [4.78, 5) is 4.19. The first-order valence-electron chi connectivity index (χ1n) is 6.10. The number of anilines is 1. The van der Waals surface area contributed by atoms with E-state index < -0.39 is 0 Å². The zero-order valence-electron chi connectivity index (χ0n) is 11.0. The predicted molar refractivity (Wildman–Crippen MR) is 75.1 cm³/mol. The summed E-state index contributed by atoms with van der Waals surface area (Å²) in [6, 6.07) is 5.20. The normalized spacial score (nSPS) is 10.9. The molecule has 0 fully saturated rings. The van der Waals surface area contributed by atoms with E-state index in [4.69, 9.17) is 22.1 Å². The number of rotatable bonds is 5. The molecule has 0 unspecified atom stereocenters. The summed E-state index contributed by atoms with van der Waals surface area (Å²) in [6.07, 6.45) is 1.54. The Balaban J connectivity index is 2.02. The van der Waals surface area contributed by atoms with Crippen molar-refractivity contribution in [3.05, 3.63) is 35.4 Å². The lowest BCUT2D eigenvalue weighted by atomic mass is 10.2. The number of halogens is 1. The third-order valence-corrected chi connectivity index (χ3v) is 2.90. The van der Waals surface area contributed by atoms with Gasteiger partial charge in [-0.1, -0.05) is 25.4 Å². The average Bonchev–Trinajstić information content (AvgIpc) is 2.77. The van der Waals surface area contributed by atoms with Crippen LogP contribution in [-0.2, 0) is 13.2 Å². The van der Waals surface area contributed by atoms with Gasteiger partial charge >= 0.3 is 0 Å². The lowest BCUT2D eigenvalue weighted by Gasteiger charge is -2.10. The standard InChI is InChI=1S/C13H17ClN4O/c1-9(2)6-18-13(16-8-17-18)7-19-10-3-4-12(15)11(14)5-10/h3-5,8-9H,6-7,15H2,1-2H3. The maximum Gasteiger partial charge on any atom is 0.164 e. The molecule has 0 spiro atoms. The first-order valence-corrected chi connectivity index (χ1v) is 6.48. The first-order chi connectivity index (χ1) is 9.06. The quantitative estimate of drug-likeness (QED) is 0.855. The van der Waals surface area contributed by atoms with Gasteiger partial charge in [-0.25, -0.2) is 9.67 Å². The van der Waals surface area contributed by atoms with Crippen LogP contribution in [0, 0.1) is 5.92 Å². The van der Waals surface area contributed by atoms with Crippen LogP contribution in [0.5, 0.6) is 5.75 Å². The molecular formula is C13H17ClN4O. The topological polar surface area (TPSA) is 66.0 Å². The van der Waals surface area contributed by atoms with Crippen LogP contribution in [0.1, 0.15) is 19.7 Å². The Bertz CT molecular complexity index is 553. The summed E-state index contributed by atoms with van der Waals surface area (Å²) in [7, 11) is 0. The molecule has 0 bridgehead atoms. The number of ether oxygens (including phenoxy) is 1. The van der Waals surface area contributed by atoms with Crippen LogP contribution < -0.4 is 10.5 Å². The third kappa shape index (κ3) is 3.61. The largest absolute Gasteiger partial charge is 0.486 e. The zero-order valence-corrected chi connectivity index (χ0v) is 11.8. The molecule has 0 amide bonds. The van der Waals surface area contributed by atoms with Crippen molar-refractivity contribution >= 4 is 17.3 Å². The average molecular weight is 281 g/mol. The van der Waals surface area contributed by atoms with Gasteiger partial charge < -0.3 is 10.5 Å². The number of nitrogen functional groups attached to an aromatic ring is 1. The molecule has 1 heterocycles. The molecule has 2 aromatic rings. The summed E-state index contributed by atoms with van der Waals surface area (Å²) in [5, 5.41) is 4.67. The van der Waals surface area contributed by atoms with Crippen molar-refractivity contribution in [1.29, 1.82) is 0 Å². The fourth-order valence-electron chi connectivity index (χ4n) is 1.64. The molecule has 19 heavy (non-hydrogen) atoms. The Morgan fingerprint density at radius 1 is 1.42 bits per heavy atom. The van der Waals surface area contributed by atoms with Crippen molar-refractivity contribution < 1.29 is 4.74 Å². The lowest BCUT2D eigenvalue weighted by molar-refractivity contribution is 0.282. The Morgan fingerprint density at radius 3 is 2.89 bits per heavy atom. The molecule has 102 valence electrons. The maximum atomic E-state index is 5.94. The Labute approximate surface area is 117 Å². The number of benzene rings is 1. The van der Waals surface area contributed by atoms with Gasteiger partial charge in [-0.05, 0) is 18.1 Å². The molecular weight excluding hydrogens is 264 g/mol. The highest BCUT2D eigenvalue weighted by atomic mass is 35.5. The van der Waals surface area contributed by atoms with E-state index in [1.807, 2.05) is 4.68 Å². The lowest BCUT2D eigenvalue weighted by Crippen LogP contribution is -2.12. The molecule has 2 rings (SSSR count). The molecule has 0 atom stereocenters. The van der Waals surface area contributed by atoms with E-state index in [1.54, 1.807) is 18.2 Å². The van der Waals surface area contributed by atoms with Crippen LogP contribution in [0.15, 0.2) is 24.5 Å². The predicted octanol–water partition coefficient (Wildman–Crippen LogP) is 2.75. The monoisotopic (exact) mass is 280 g/mol.